The van der Waals surface area contributed by atoms with E-state index in [0.29, 0.717) is 23.7 Å². The van der Waals surface area contributed by atoms with Gasteiger partial charge in [-0.05, 0) is 49.4 Å². The van der Waals surface area contributed by atoms with Crippen LogP contribution >= 0.6 is 0 Å². The number of rotatable bonds is 2. The molecule has 4 saturated carbocycles. The number of epoxide rings is 1. The van der Waals surface area contributed by atoms with Crippen LogP contribution in [0.25, 0.3) is 0 Å². The van der Waals surface area contributed by atoms with E-state index in [1.165, 1.54) is 14.2 Å². The van der Waals surface area contributed by atoms with Gasteiger partial charge < -0.3 is 14.2 Å². The fourth-order valence-corrected chi connectivity index (χ4v) is 5.92. The molecule has 5 fully saturated rings. The van der Waals surface area contributed by atoms with Crippen LogP contribution in [0.4, 0.5) is 0 Å². The summed E-state index contributed by atoms with van der Waals surface area (Å²) in [7, 11) is 2.95. The van der Waals surface area contributed by atoms with Crippen molar-refractivity contribution < 1.29 is 23.8 Å². The van der Waals surface area contributed by atoms with E-state index in [1.807, 2.05) is 0 Å². The lowest BCUT2D eigenvalue weighted by atomic mass is 9.71. The van der Waals surface area contributed by atoms with Crippen LogP contribution in [0.2, 0.25) is 0 Å². The summed E-state index contributed by atoms with van der Waals surface area (Å²) < 4.78 is 16.1. The largest absolute Gasteiger partial charge is 0.469 e. The molecule has 114 valence electrons. The molecule has 21 heavy (non-hydrogen) atoms. The van der Waals surface area contributed by atoms with Gasteiger partial charge in [0, 0.05) is 0 Å². The molecule has 5 nitrogen and oxygen atoms in total. The van der Waals surface area contributed by atoms with E-state index in [2.05, 4.69) is 0 Å². The van der Waals surface area contributed by atoms with Crippen LogP contribution in [0.5, 0.6) is 0 Å². The quantitative estimate of drug-likeness (QED) is 0.564. The van der Waals surface area contributed by atoms with Crippen molar-refractivity contribution in [2.75, 3.05) is 14.2 Å². The highest BCUT2D eigenvalue weighted by Crippen LogP contribution is 2.79. The van der Waals surface area contributed by atoms with Gasteiger partial charge in [-0.15, -0.1) is 0 Å². The van der Waals surface area contributed by atoms with Gasteiger partial charge in [0.1, 0.15) is 0 Å². The fraction of sp³-hybridized carbons (Fsp3) is 0.875. The first-order valence-electron chi connectivity index (χ1n) is 7.92. The first kappa shape index (κ1) is 12.4. The number of hydrogen-bond donors (Lipinski definition) is 0. The maximum absolute atomic E-state index is 11.8. The molecule has 5 rings (SSSR count). The molecule has 4 unspecified atom stereocenters. The van der Waals surface area contributed by atoms with E-state index >= 15 is 0 Å². The third-order valence-corrected chi connectivity index (χ3v) is 7.05. The fourth-order valence-electron chi connectivity index (χ4n) is 5.92. The molecule has 5 aliphatic rings. The predicted octanol–water partition coefficient (Wildman–Crippen LogP) is 1.15. The van der Waals surface area contributed by atoms with Gasteiger partial charge >= 0.3 is 11.9 Å². The number of carbonyl (C=O) groups excluding carboxylic acids is 2. The average molecular weight is 292 g/mol. The molecular weight excluding hydrogens is 272 g/mol. The third kappa shape index (κ3) is 1.32. The first-order valence-corrected chi connectivity index (χ1v) is 7.92. The minimum absolute atomic E-state index is 0.0408. The molecule has 1 saturated heterocycles. The van der Waals surface area contributed by atoms with Crippen molar-refractivity contribution in [3.8, 4) is 0 Å². The Balaban J connectivity index is 1.35. The van der Waals surface area contributed by atoms with Crippen molar-refractivity contribution in [3.63, 3.8) is 0 Å². The van der Waals surface area contributed by atoms with Gasteiger partial charge in [-0.1, -0.05) is 0 Å². The highest BCUT2D eigenvalue weighted by molar-refractivity contribution is 5.78. The van der Waals surface area contributed by atoms with Gasteiger partial charge in [-0.2, -0.15) is 0 Å². The number of methoxy groups -OCH3 is 2. The molecule has 8 atom stereocenters. The molecule has 0 N–H and O–H groups in total. The van der Waals surface area contributed by atoms with Gasteiger partial charge in [-0.3, -0.25) is 9.59 Å². The van der Waals surface area contributed by atoms with Crippen LogP contribution in [0.1, 0.15) is 25.7 Å². The number of ether oxygens (including phenoxy) is 3. The van der Waals surface area contributed by atoms with E-state index < -0.39 is 0 Å². The van der Waals surface area contributed by atoms with Crippen molar-refractivity contribution in [1.29, 1.82) is 0 Å². The zero-order valence-corrected chi connectivity index (χ0v) is 12.3. The third-order valence-electron chi connectivity index (χ3n) is 7.05. The molecule has 0 spiro atoms. The molecule has 0 aromatic heterocycles. The summed E-state index contributed by atoms with van der Waals surface area (Å²) >= 11 is 0. The van der Waals surface area contributed by atoms with E-state index in [9.17, 15) is 9.59 Å². The van der Waals surface area contributed by atoms with Crippen molar-refractivity contribution in [3.05, 3.63) is 0 Å². The Kier molecular flexibility index (Phi) is 2.04. The smallest absolute Gasteiger partial charge is 0.309 e. The highest BCUT2D eigenvalue weighted by atomic mass is 16.6. The summed E-state index contributed by atoms with van der Waals surface area (Å²) in [5.74, 6) is 1.89. The van der Waals surface area contributed by atoms with Crippen LogP contribution in [-0.2, 0) is 23.8 Å². The van der Waals surface area contributed by atoms with Crippen molar-refractivity contribution >= 4 is 11.9 Å². The lowest BCUT2D eigenvalue weighted by molar-refractivity contribution is -0.143. The van der Waals surface area contributed by atoms with E-state index in [1.54, 1.807) is 0 Å². The lowest BCUT2D eigenvalue weighted by Gasteiger charge is -2.27. The molecule has 0 amide bonds. The summed E-state index contributed by atoms with van der Waals surface area (Å²) in [6.45, 7) is 0. The van der Waals surface area contributed by atoms with E-state index in [0.717, 1.165) is 25.7 Å². The van der Waals surface area contributed by atoms with Crippen LogP contribution in [0, 0.1) is 35.5 Å². The SMILES string of the molecule is COC(=O)C1[C@H]2CC34C[C@H]5C(C(=O)OC)[C@H]5CC3(C[C@@H]12)O4. The van der Waals surface area contributed by atoms with Crippen LogP contribution in [-0.4, -0.2) is 37.4 Å². The van der Waals surface area contributed by atoms with Gasteiger partial charge in [0.15, 0.2) is 0 Å². The Bertz CT molecular complexity index is 483. The van der Waals surface area contributed by atoms with E-state index in [-0.39, 0.29) is 35.0 Å². The zero-order valence-electron chi connectivity index (χ0n) is 12.3. The summed E-state index contributed by atoms with van der Waals surface area (Å²) in [5, 5.41) is 0. The van der Waals surface area contributed by atoms with Gasteiger partial charge in [0.25, 0.3) is 0 Å². The first-order chi connectivity index (χ1) is 10.1. The second kappa shape index (κ2) is 3.45. The summed E-state index contributed by atoms with van der Waals surface area (Å²) in [5.41, 5.74) is -0.0816. The average Bonchev–Trinajstić information content (AvgIpc) is 3.38. The van der Waals surface area contributed by atoms with Crippen LogP contribution in [0.15, 0.2) is 0 Å². The Hall–Kier alpha value is -1.10. The predicted molar refractivity (Wildman–Crippen MR) is 70.0 cm³/mol. The second-order valence-corrected chi connectivity index (χ2v) is 7.66. The highest BCUT2D eigenvalue weighted by Gasteiger charge is 2.84. The van der Waals surface area contributed by atoms with Gasteiger partial charge in [0.05, 0.1) is 37.3 Å². The standard InChI is InChI=1S/C16H20O5/c1-19-13(17)11-7-3-15-5-9-10(12(9)14(18)20-2)6-16(15,21-15)4-8(7)11/h7-12H,3-6H2,1-2H3/t7-,8+,9+,10-,11?,12?,15?,16?. The Morgan fingerprint density at radius 2 is 1.14 bits per heavy atom. The lowest BCUT2D eigenvalue weighted by Crippen LogP contribution is -2.35. The van der Waals surface area contributed by atoms with Crippen molar-refractivity contribution in [2.24, 2.45) is 35.5 Å². The molecule has 4 aliphatic carbocycles. The number of carbonyl (C=O) groups is 2. The minimum Gasteiger partial charge on any atom is -0.469 e. The van der Waals surface area contributed by atoms with Gasteiger partial charge in [0.2, 0.25) is 0 Å². The Morgan fingerprint density at radius 3 is 1.43 bits per heavy atom. The monoisotopic (exact) mass is 292 g/mol. The maximum atomic E-state index is 11.8. The molecule has 5 heteroatoms. The molecule has 0 aromatic rings. The number of fused-ring (bicyclic) bond motifs is 2. The van der Waals surface area contributed by atoms with Gasteiger partial charge in [-0.25, -0.2) is 0 Å². The minimum atomic E-state index is -0.0477. The Morgan fingerprint density at radius 1 is 0.810 bits per heavy atom. The Labute approximate surface area is 123 Å². The van der Waals surface area contributed by atoms with E-state index in [4.69, 9.17) is 14.2 Å². The summed E-state index contributed by atoms with van der Waals surface area (Å²) in [6, 6.07) is 0. The molecule has 0 bridgehead atoms. The molecule has 1 aliphatic heterocycles. The second-order valence-electron chi connectivity index (χ2n) is 7.66. The molecule has 0 aromatic carbocycles. The molecule has 0 radical (unpaired) electrons. The number of esters is 2. The van der Waals surface area contributed by atoms with Crippen LogP contribution < -0.4 is 0 Å². The van der Waals surface area contributed by atoms with Crippen molar-refractivity contribution in [2.45, 2.75) is 36.9 Å². The van der Waals surface area contributed by atoms with Crippen molar-refractivity contribution in [1.82, 2.24) is 0 Å². The summed E-state index contributed by atoms with van der Waals surface area (Å²) in [6.07, 6.45) is 3.92. The summed E-state index contributed by atoms with van der Waals surface area (Å²) in [4.78, 5) is 23.6. The normalized spacial score (nSPS) is 57.8. The van der Waals surface area contributed by atoms with Crippen LogP contribution in [0.3, 0.4) is 0 Å². The molecule has 1 heterocycles. The number of hydrogen-bond acceptors (Lipinski definition) is 5. The topological polar surface area (TPSA) is 65.1 Å². The maximum Gasteiger partial charge on any atom is 0.309 e. The molecular formula is C16H20O5. The zero-order chi connectivity index (χ0) is 14.6.